The van der Waals surface area contributed by atoms with Crippen LogP contribution in [0.4, 0.5) is 52.7 Å². The van der Waals surface area contributed by atoms with Gasteiger partial charge in [0, 0.05) is 31.3 Å². The standard InChI is InChI=1S/C27H22F12O/c1-11-2-3-15(16(28)4-11)12-5-17(29)23(18(30)6-12)13-7-19(31)25(20(32)8-13)27(38,39)40-14-9-21(33)24(22(34)10-14)26(35,36)37/h2-3,5,7,9,14,16,18,20,22,24H,4,6,8,10H2,1H3. The van der Waals surface area contributed by atoms with E-state index in [-0.39, 0.29) is 29.7 Å². The molecule has 0 aliphatic heterocycles. The molecule has 0 spiro atoms. The second kappa shape index (κ2) is 10.9. The van der Waals surface area contributed by atoms with E-state index in [1.54, 1.807) is 13.0 Å². The molecule has 0 heterocycles. The predicted molar refractivity (Wildman–Crippen MR) is 121 cm³/mol. The van der Waals surface area contributed by atoms with Crippen molar-refractivity contribution in [1.29, 1.82) is 0 Å². The number of hydrogen-bond acceptors (Lipinski definition) is 1. The number of alkyl halides is 9. The largest absolute Gasteiger partial charge is 0.400 e. The van der Waals surface area contributed by atoms with Crippen molar-refractivity contribution in [3.8, 4) is 0 Å². The Bertz CT molecular complexity index is 1260. The summed E-state index contributed by atoms with van der Waals surface area (Å²) in [5.74, 6) is -8.58. The van der Waals surface area contributed by atoms with Crippen molar-refractivity contribution < 1.29 is 57.4 Å². The first-order chi connectivity index (χ1) is 18.5. The number of rotatable bonds is 5. The Labute approximate surface area is 220 Å². The lowest BCUT2D eigenvalue weighted by atomic mass is 9.81. The minimum Gasteiger partial charge on any atom is -0.309 e. The maximum absolute atomic E-state index is 15.0. The van der Waals surface area contributed by atoms with Crippen LogP contribution in [0.25, 0.3) is 0 Å². The molecule has 0 saturated carbocycles. The number of hydrogen-bond donors (Lipinski definition) is 0. The molecule has 6 atom stereocenters. The van der Waals surface area contributed by atoms with Crippen LogP contribution in [-0.4, -0.2) is 43.1 Å². The second-order valence-electron chi connectivity index (χ2n) is 10.0. The smallest absolute Gasteiger partial charge is 0.309 e. The van der Waals surface area contributed by atoms with Gasteiger partial charge in [0.1, 0.15) is 48.1 Å². The Kier molecular flexibility index (Phi) is 8.28. The fraction of sp³-hybridized carbons (Fsp3) is 0.481. The molecule has 220 valence electrons. The van der Waals surface area contributed by atoms with Gasteiger partial charge in [0.15, 0.2) is 0 Å². The Morgan fingerprint density at radius 2 is 1.40 bits per heavy atom. The molecule has 4 rings (SSSR count). The van der Waals surface area contributed by atoms with E-state index in [9.17, 15) is 48.3 Å². The summed E-state index contributed by atoms with van der Waals surface area (Å²) in [4.78, 5) is 0. The molecule has 0 aromatic carbocycles. The molecular formula is C27H22F12O. The van der Waals surface area contributed by atoms with Crippen LogP contribution in [0.5, 0.6) is 0 Å². The van der Waals surface area contributed by atoms with Crippen molar-refractivity contribution >= 4 is 0 Å². The summed E-state index contributed by atoms with van der Waals surface area (Å²) in [6.45, 7) is 1.67. The van der Waals surface area contributed by atoms with Crippen LogP contribution in [0.2, 0.25) is 0 Å². The molecule has 0 aromatic rings. The Morgan fingerprint density at radius 1 is 0.775 bits per heavy atom. The molecule has 0 fully saturated rings. The third kappa shape index (κ3) is 5.99. The van der Waals surface area contributed by atoms with Crippen molar-refractivity contribution in [2.24, 2.45) is 5.92 Å². The van der Waals surface area contributed by atoms with E-state index in [1.807, 2.05) is 0 Å². The van der Waals surface area contributed by atoms with E-state index in [0.29, 0.717) is 5.57 Å². The normalized spacial score (nSPS) is 32.4. The lowest BCUT2D eigenvalue weighted by molar-refractivity contribution is -0.242. The monoisotopic (exact) mass is 590 g/mol. The van der Waals surface area contributed by atoms with Crippen molar-refractivity contribution in [3.05, 3.63) is 81.3 Å². The predicted octanol–water partition coefficient (Wildman–Crippen LogP) is 9.14. The lowest BCUT2D eigenvalue weighted by Gasteiger charge is -2.33. The van der Waals surface area contributed by atoms with Crippen molar-refractivity contribution in [2.45, 2.75) is 75.7 Å². The zero-order valence-corrected chi connectivity index (χ0v) is 20.6. The van der Waals surface area contributed by atoms with Gasteiger partial charge in [-0.1, -0.05) is 17.7 Å². The van der Waals surface area contributed by atoms with E-state index >= 15 is 4.39 Å². The van der Waals surface area contributed by atoms with Crippen LogP contribution in [-0.2, 0) is 4.74 Å². The highest BCUT2D eigenvalue weighted by molar-refractivity contribution is 5.54. The molecule has 0 saturated heterocycles. The van der Waals surface area contributed by atoms with E-state index in [0.717, 1.165) is 6.08 Å². The third-order valence-corrected chi connectivity index (χ3v) is 7.07. The molecule has 1 nitrogen and oxygen atoms in total. The van der Waals surface area contributed by atoms with Crippen LogP contribution < -0.4 is 0 Å². The molecule has 0 radical (unpaired) electrons. The molecular weight excluding hydrogens is 568 g/mol. The van der Waals surface area contributed by atoms with Crippen molar-refractivity contribution in [2.75, 3.05) is 0 Å². The summed E-state index contributed by atoms with van der Waals surface area (Å²) in [5, 5.41) is 0. The van der Waals surface area contributed by atoms with Crippen LogP contribution in [0.3, 0.4) is 0 Å². The summed E-state index contributed by atoms with van der Waals surface area (Å²) >= 11 is 0. The number of ether oxygens (including phenoxy) is 1. The number of halogens is 12. The van der Waals surface area contributed by atoms with Gasteiger partial charge in [-0.25, -0.2) is 30.7 Å². The Balaban J connectivity index is 1.60. The summed E-state index contributed by atoms with van der Waals surface area (Å²) in [6.07, 6.45) is -21.2. The third-order valence-electron chi connectivity index (χ3n) is 7.07. The Morgan fingerprint density at radius 3 is 1.95 bits per heavy atom. The summed E-state index contributed by atoms with van der Waals surface area (Å²) in [6, 6.07) is 0. The quantitative estimate of drug-likeness (QED) is 0.290. The van der Waals surface area contributed by atoms with Crippen LogP contribution in [0.1, 0.15) is 32.6 Å². The molecule has 0 aromatic heterocycles. The van der Waals surface area contributed by atoms with Gasteiger partial charge < -0.3 is 4.74 Å². The summed E-state index contributed by atoms with van der Waals surface area (Å²) < 4.78 is 174. The molecule has 0 N–H and O–H groups in total. The van der Waals surface area contributed by atoms with E-state index < -0.39 is 102 Å². The second-order valence-corrected chi connectivity index (χ2v) is 10.0. The van der Waals surface area contributed by atoms with Crippen LogP contribution in [0, 0.1) is 5.92 Å². The molecule has 4 aliphatic carbocycles. The van der Waals surface area contributed by atoms with Crippen LogP contribution >= 0.6 is 0 Å². The summed E-state index contributed by atoms with van der Waals surface area (Å²) in [7, 11) is 0. The lowest BCUT2D eigenvalue weighted by Crippen LogP contribution is -2.42. The molecule has 4 aliphatic rings. The first-order valence-electron chi connectivity index (χ1n) is 12.1. The zero-order chi connectivity index (χ0) is 29.7. The van der Waals surface area contributed by atoms with E-state index in [4.69, 9.17) is 0 Å². The molecule has 0 bridgehead atoms. The average Bonchev–Trinajstić information content (AvgIpc) is 2.76. The van der Waals surface area contributed by atoms with Gasteiger partial charge >= 0.3 is 12.3 Å². The Hall–Kier alpha value is -2.70. The molecule has 40 heavy (non-hydrogen) atoms. The average molecular weight is 590 g/mol. The maximum atomic E-state index is 15.0. The van der Waals surface area contributed by atoms with Gasteiger partial charge in [-0.3, -0.25) is 0 Å². The van der Waals surface area contributed by atoms with E-state index in [2.05, 4.69) is 4.74 Å². The fourth-order valence-electron chi connectivity index (χ4n) is 5.22. The van der Waals surface area contributed by atoms with Gasteiger partial charge in [0.05, 0.1) is 11.7 Å². The van der Waals surface area contributed by atoms with Gasteiger partial charge in [-0.2, -0.15) is 22.0 Å². The van der Waals surface area contributed by atoms with Crippen LogP contribution in [0.15, 0.2) is 81.3 Å². The number of allylic oxidation sites excluding steroid dienone is 12. The first-order valence-corrected chi connectivity index (χ1v) is 12.1. The highest BCUT2D eigenvalue weighted by Gasteiger charge is 2.53. The van der Waals surface area contributed by atoms with E-state index in [1.165, 1.54) is 6.08 Å². The topological polar surface area (TPSA) is 9.23 Å². The van der Waals surface area contributed by atoms with Gasteiger partial charge in [0.2, 0.25) is 0 Å². The molecule has 0 amide bonds. The van der Waals surface area contributed by atoms with Gasteiger partial charge in [0.25, 0.3) is 0 Å². The molecule has 13 heteroatoms. The highest BCUT2D eigenvalue weighted by Crippen LogP contribution is 2.47. The SMILES string of the molecule is CC1=CC=C(C2=CC(F)=C(C3=CC(F)=C(C(F)(F)OC4C=C(F)C(C(F)(F)F)C(F)C4)C(F)C3)C(F)C2)C(F)C1. The van der Waals surface area contributed by atoms with Gasteiger partial charge in [-0.15, -0.1) is 0 Å². The minimum absolute atomic E-state index is 0.0125. The minimum atomic E-state index is -5.35. The maximum Gasteiger partial charge on any atom is 0.400 e. The van der Waals surface area contributed by atoms with Crippen molar-refractivity contribution in [1.82, 2.24) is 0 Å². The highest BCUT2D eigenvalue weighted by atomic mass is 19.4. The van der Waals surface area contributed by atoms with Gasteiger partial charge in [-0.05, 0) is 41.9 Å². The fourth-order valence-corrected chi connectivity index (χ4v) is 5.22. The first kappa shape index (κ1) is 30.3. The summed E-state index contributed by atoms with van der Waals surface area (Å²) in [5.41, 5.74) is -2.65. The molecule has 6 unspecified atom stereocenters. The zero-order valence-electron chi connectivity index (χ0n) is 20.6. The van der Waals surface area contributed by atoms with Crippen molar-refractivity contribution in [3.63, 3.8) is 0 Å².